The Morgan fingerprint density at radius 2 is 1.71 bits per heavy atom. The molecule has 0 aliphatic rings. The van der Waals surface area contributed by atoms with E-state index >= 15 is 0 Å². The first-order chi connectivity index (χ1) is 13.5. The largest absolute Gasteiger partial charge is 0.461 e. The summed E-state index contributed by atoms with van der Waals surface area (Å²) in [6.45, 7) is 5.94. The molecule has 0 amide bonds. The summed E-state index contributed by atoms with van der Waals surface area (Å²) >= 11 is 5.55. The molecule has 0 radical (unpaired) electrons. The number of nitrogens with zero attached hydrogens (tertiary/aromatic N) is 2. The minimum absolute atomic E-state index is 0.0122. The Labute approximate surface area is 170 Å². The van der Waals surface area contributed by atoms with E-state index < -0.39 is 5.97 Å². The average molecular weight is 398 g/mol. The van der Waals surface area contributed by atoms with Crippen molar-refractivity contribution in [3.05, 3.63) is 60.2 Å². The van der Waals surface area contributed by atoms with E-state index in [1.165, 1.54) is 6.92 Å². The van der Waals surface area contributed by atoms with E-state index in [1.807, 2.05) is 42.2 Å². The summed E-state index contributed by atoms with van der Waals surface area (Å²) < 4.78 is 5.13. The molecule has 2 aromatic carbocycles. The van der Waals surface area contributed by atoms with Crippen LogP contribution in [0.1, 0.15) is 31.1 Å². The summed E-state index contributed by atoms with van der Waals surface area (Å²) in [6.07, 6.45) is 0. The first kappa shape index (κ1) is 21.2. The minimum atomic E-state index is -0.602. The van der Waals surface area contributed by atoms with Crippen molar-refractivity contribution in [1.29, 1.82) is 0 Å². The van der Waals surface area contributed by atoms with Crippen molar-refractivity contribution < 1.29 is 14.3 Å². The van der Waals surface area contributed by atoms with Crippen LogP contribution in [0.4, 0.5) is 11.4 Å². The van der Waals surface area contributed by atoms with Gasteiger partial charge in [-0.1, -0.05) is 30.4 Å². The van der Waals surface area contributed by atoms with Crippen molar-refractivity contribution in [3.63, 3.8) is 0 Å². The van der Waals surface area contributed by atoms with E-state index in [4.69, 9.17) is 17.0 Å². The lowest BCUT2D eigenvalue weighted by Crippen LogP contribution is -2.40. The van der Waals surface area contributed by atoms with Crippen LogP contribution >= 0.6 is 12.2 Å². The van der Waals surface area contributed by atoms with E-state index in [-0.39, 0.29) is 23.1 Å². The van der Waals surface area contributed by atoms with Gasteiger partial charge in [-0.2, -0.15) is 5.10 Å². The molecule has 0 aliphatic heterocycles. The zero-order valence-corrected chi connectivity index (χ0v) is 17.0. The molecule has 28 heavy (non-hydrogen) atoms. The molecule has 6 nitrogen and oxygen atoms in total. The zero-order chi connectivity index (χ0) is 20.5. The number of rotatable bonds is 8. The van der Waals surface area contributed by atoms with E-state index in [9.17, 15) is 9.59 Å². The summed E-state index contributed by atoms with van der Waals surface area (Å²) in [7, 11) is 0. The molecule has 146 valence electrons. The van der Waals surface area contributed by atoms with Gasteiger partial charge in [-0.25, -0.2) is 4.79 Å². The summed E-state index contributed by atoms with van der Waals surface area (Å²) in [4.78, 5) is 25.9. The van der Waals surface area contributed by atoms with Crippen LogP contribution in [-0.2, 0) is 9.53 Å². The molecule has 2 aromatic rings. The molecule has 0 saturated carbocycles. The first-order valence-corrected chi connectivity index (χ1v) is 9.37. The highest BCUT2D eigenvalue weighted by Crippen LogP contribution is 2.16. The number of hydrogen-bond donors (Lipinski definition) is 1. The maximum absolute atomic E-state index is 12.4. The van der Waals surface area contributed by atoms with Crippen LogP contribution in [-0.4, -0.2) is 35.6 Å². The number of hydrogen-bond acceptors (Lipinski definition) is 6. The number of Topliss-reactive ketones (excluding diaryl/α,β-unsaturated/α-hetero) is 1. The third-order valence-corrected chi connectivity index (χ3v) is 4.30. The normalized spacial score (nSPS) is 10.9. The maximum atomic E-state index is 12.4. The lowest BCUT2D eigenvalue weighted by atomic mass is 10.1. The number of thiocarbonyl (C=S) groups is 1. The quantitative estimate of drug-likeness (QED) is 0.238. The van der Waals surface area contributed by atoms with Crippen LogP contribution in [0.5, 0.6) is 0 Å². The number of esters is 1. The Hall–Kier alpha value is -3.06. The number of carbonyl (C=O) groups excluding carboxylic acids is 2. The van der Waals surface area contributed by atoms with Gasteiger partial charge in [0, 0.05) is 17.8 Å². The molecular formula is C21H23N3O3S. The molecule has 1 N–H and O–H groups in total. The Balaban J connectivity index is 2.29. The zero-order valence-electron chi connectivity index (χ0n) is 16.1. The van der Waals surface area contributed by atoms with Gasteiger partial charge in [-0.3, -0.25) is 10.2 Å². The second-order valence-corrected chi connectivity index (χ2v) is 6.20. The van der Waals surface area contributed by atoms with Crippen LogP contribution in [0.2, 0.25) is 0 Å². The van der Waals surface area contributed by atoms with Crippen LogP contribution in [0.15, 0.2) is 59.7 Å². The summed E-state index contributed by atoms with van der Waals surface area (Å²) in [5.41, 5.74) is 4.91. The highest BCUT2D eigenvalue weighted by molar-refractivity contribution is 7.82. The van der Waals surface area contributed by atoms with Gasteiger partial charge in [0.15, 0.2) is 5.78 Å². The molecule has 0 spiro atoms. The van der Waals surface area contributed by atoms with Crippen LogP contribution in [0, 0.1) is 0 Å². The lowest BCUT2D eigenvalue weighted by Gasteiger charge is -2.24. The summed E-state index contributed by atoms with van der Waals surface area (Å²) in [5, 5.41) is 4.21. The molecule has 0 aromatic heterocycles. The monoisotopic (exact) mass is 397 g/mol. The standard InChI is InChI=1S/C21H23N3O3S/c1-4-24(18-9-7-6-8-10-18)20(28)19(21(26)27-5-2)23-22-17-13-11-16(12-14-17)15(3)25/h6-14,22H,4-5H2,1-3H3. The third-order valence-electron chi connectivity index (χ3n) is 3.89. The number of ether oxygens (including phenoxy) is 1. The van der Waals surface area contributed by atoms with Crippen molar-refractivity contribution in [2.24, 2.45) is 5.10 Å². The van der Waals surface area contributed by atoms with Gasteiger partial charge in [0.1, 0.15) is 4.99 Å². The van der Waals surface area contributed by atoms with E-state index in [2.05, 4.69) is 10.5 Å². The highest BCUT2D eigenvalue weighted by atomic mass is 32.1. The second-order valence-electron chi connectivity index (χ2n) is 5.81. The Bertz CT molecular complexity index is 864. The molecule has 0 heterocycles. The van der Waals surface area contributed by atoms with Crippen molar-refractivity contribution in [2.75, 3.05) is 23.5 Å². The number of hydrazone groups is 1. The predicted octanol–water partition coefficient (Wildman–Crippen LogP) is 4.07. The van der Waals surface area contributed by atoms with Gasteiger partial charge in [0.2, 0.25) is 5.71 Å². The number of nitrogens with one attached hydrogen (secondary N) is 1. The van der Waals surface area contributed by atoms with E-state index in [0.29, 0.717) is 17.8 Å². The third kappa shape index (κ3) is 5.47. The summed E-state index contributed by atoms with van der Waals surface area (Å²) in [6, 6.07) is 16.3. The van der Waals surface area contributed by atoms with Gasteiger partial charge in [0.25, 0.3) is 0 Å². The maximum Gasteiger partial charge on any atom is 0.361 e. The molecular weight excluding hydrogens is 374 g/mol. The topological polar surface area (TPSA) is 71.0 Å². The number of anilines is 2. The molecule has 0 atom stereocenters. The molecule has 0 fully saturated rings. The summed E-state index contributed by atoms with van der Waals surface area (Å²) in [5.74, 6) is -0.625. The van der Waals surface area contributed by atoms with E-state index in [1.54, 1.807) is 31.2 Å². The fourth-order valence-electron chi connectivity index (χ4n) is 2.46. The molecule has 0 saturated heterocycles. The predicted molar refractivity (Wildman–Crippen MR) is 116 cm³/mol. The van der Waals surface area contributed by atoms with Crippen LogP contribution in [0.25, 0.3) is 0 Å². The van der Waals surface area contributed by atoms with E-state index in [0.717, 1.165) is 5.69 Å². The van der Waals surface area contributed by atoms with Crippen molar-refractivity contribution >= 4 is 46.0 Å². The minimum Gasteiger partial charge on any atom is -0.461 e. The first-order valence-electron chi connectivity index (χ1n) is 8.96. The van der Waals surface area contributed by atoms with Crippen LogP contribution < -0.4 is 10.3 Å². The van der Waals surface area contributed by atoms with Gasteiger partial charge in [-0.05, 0) is 57.2 Å². The molecule has 0 unspecified atom stereocenters. The smallest absolute Gasteiger partial charge is 0.361 e. The fraction of sp³-hybridized carbons (Fsp3) is 0.238. The Morgan fingerprint density at radius 1 is 1.07 bits per heavy atom. The van der Waals surface area contributed by atoms with Crippen molar-refractivity contribution in [3.8, 4) is 0 Å². The molecule has 0 bridgehead atoms. The number of benzene rings is 2. The van der Waals surface area contributed by atoms with Gasteiger partial charge in [-0.15, -0.1) is 0 Å². The fourth-order valence-corrected chi connectivity index (χ4v) is 2.82. The second kappa shape index (κ2) is 10.3. The molecule has 7 heteroatoms. The van der Waals surface area contributed by atoms with Crippen molar-refractivity contribution in [2.45, 2.75) is 20.8 Å². The van der Waals surface area contributed by atoms with Gasteiger partial charge < -0.3 is 9.64 Å². The Morgan fingerprint density at radius 3 is 2.25 bits per heavy atom. The lowest BCUT2D eigenvalue weighted by molar-refractivity contribution is -0.134. The van der Waals surface area contributed by atoms with Gasteiger partial charge in [0.05, 0.1) is 12.3 Å². The highest BCUT2D eigenvalue weighted by Gasteiger charge is 2.24. The number of ketones is 1. The van der Waals surface area contributed by atoms with Gasteiger partial charge >= 0.3 is 5.97 Å². The molecule has 2 rings (SSSR count). The Kier molecular flexibility index (Phi) is 7.83. The number of carbonyl (C=O) groups is 2. The van der Waals surface area contributed by atoms with Crippen molar-refractivity contribution in [1.82, 2.24) is 0 Å². The number of para-hydroxylation sites is 1. The van der Waals surface area contributed by atoms with Crippen LogP contribution in [0.3, 0.4) is 0 Å². The SMILES string of the molecule is CCOC(=O)C(=NNc1ccc(C(C)=O)cc1)C(=S)N(CC)c1ccccc1. The molecule has 0 aliphatic carbocycles. The average Bonchev–Trinajstić information content (AvgIpc) is 2.70.